The van der Waals surface area contributed by atoms with Gasteiger partial charge in [0.15, 0.2) is 0 Å². The third-order valence-corrected chi connectivity index (χ3v) is 7.10. The summed E-state index contributed by atoms with van der Waals surface area (Å²) in [5.41, 5.74) is 11.8. The lowest BCUT2D eigenvalue weighted by Crippen LogP contribution is -2.23. The van der Waals surface area contributed by atoms with E-state index in [4.69, 9.17) is 15.9 Å². The van der Waals surface area contributed by atoms with Crippen molar-refractivity contribution >= 4 is 23.4 Å². The number of rotatable bonds is 9. The zero-order valence-electron chi connectivity index (χ0n) is 21.9. The average Bonchev–Trinajstić information content (AvgIpc) is 3.38. The highest BCUT2D eigenvalue weighted by atomic mass is 16.5. The number of hydrogen-bond donors (Lipinski definition) is 5. The zero-order chi connectivity index (χ0) is 28.2. The Morgan fingerprint density at radius 1 is 1.10 bits per heavy atom. The predicted octanol–water partition coefficient (Wildman–Crippen LogP) is 4.42. The van der Waals surface area contributed by atoms with Crippen LogP contribution in [0.2, 0.25) is 0 Å². The van der Waals surface area contributed by atoms with Gasteiger partial charge in [0.05, 0.1) is 12.7 Å². The van der Waals surface area contributed by atoms with Crippen molar-refractivity contribution in [3.63, 3.8) is 0 Å². The summed E-state index contributed by atoms with van der Waals surface area (Å²) < 4.78 is 5.27. The van der Waals surface area contributed by atoms with Gasteiger partial charge in [0.1, 0.15) is 11.6 Å². The lowest BCUT2D eigenvalue weighted by Gasteiger charge is -2.18. The van der Waals surface area contributed by atoms with Gasteiger partial charge in [0, 0.05) is 48.2 Å². The van der Waals surface area contributed by atoms with E-state index >= 15 is 0 Å². The number of nitrogens with one attached hydrogen (secondary N) is 3. The highest BCUT2D eigenvalue weighted by Crippen LogP contribution is 2.38. The lowest BCUT2D eigenvalue weighted by atomic mass is 9.86. The molecule has 0 radical (unpaired) electrons. The second-order valence-electron chi connectivity index (χ2n) is 9.63. The minimum absolute atomic E-state index is 0.000112. The van der Waals surface area contributed by atoms with Crippen molar-refractivity contribution in [2.24, 2.45) is 5.73 Å². The van der Waals surface area contributed by atoms with Crippen molar-refractivity contribution in [1.29, 1.82) is 5.41 Å². The number of hydrogen-bond acceptors (Lipinski definition) is 6. The Bertz CT molecular complexity index is 1600. The van der Waals surface area contributed by atoms with Crippen molar-refractivity contribution in [2.45, 2.75) is 18.9 Å². The van der Waals surface area contributed by atoms with Gasteiger partial charge in [-0.1, -0.05) is 12.1 Å². The Hall–Kier alpha value is -5.18. The molecule has 1 aromatic heterocycles. The number of pyridine rings is 1. The van der Waals surface area contributed by atoms with Gasteiger partial charge in [-0.25, -0.2) is 4.79 Å². The van der Waals surface area contributed by atoms with Gasteiger partial charge >= 0.3 is 5.97 Å². The normalized spacial score (nSPS) is 13.7. The van der Waals surface area contributed by atoms with Crippen LogP contribution in [0.25, 0.3) is 11.1 Å². The second kappa shape index (κ2) is 11.3. The summed E-state index contributed by atoms with van der Waals surface area (Å²) in [6.07, 6.45) is 3.94. The first kappa shape index (κ1) is 26.4. The monoisotopic (exact) mass is 535 g/mol. The number of carbonyl (C=O) groups excluding carboxylic acids is 1. The molecule has 2 heterocycles. The Kier molecular flexibility index (Phi) is 7.46. The number of aromatic carboxylic acids is 1. The van der Waals surface area contributed by atoms with Gasteiger partial charge in [-0.3, -0.25) is 15.2 Å². The van der Waals surface area contributed by atoms with Crippen molar-refractivity contribution < 1.29 is 19.4 Å². The van der Waals surface area contributed by atoms with Crippen molar-refractivity contribution in [2.75, 3.05) is 19.0 Å². The van der Waals surface area contributed by atoms with Crippen LogP contribution in [0.5, 0.6) is 5.75 Å². The first-order valence-corrected chi connectivity index (χ1v) is 12.8. The molecule has 0 saturated carbocycles. The summed E-state index contributed by atoms with van der Waals surface area (Å²) in [5.74, 6) is -0.880. The van der Waals surface area contributed by atoms with Gasteiger partial charge < -0.3 is 26.2 Å². The van der Waals surface area contributed by atoms with Gasteiger partial charge in [-0.05, 0) is 88.8 Å². The van der Waals surface area contributed by atoms with E-state index in [0.717, 1.165) is 22.4 Å². The number of carbonyl (C=O) groups is 2. The van der Waals surface area contributed by atoms with Crippen molar-refractivity contribution in [1.82, 2.24) is 10.3 Å². The molecule has 6 N–H and O–H groups in total. The van der Waals surface area contributed by atoms with E-state index in [1.807, 2.05) is 30.3 Å². The van der Waals surface area contributed by atoms with Crippen molar-refractivity contribution in [3.8, 4) is 16.9 Å². The molecule has 1 atom stereocenters. The topological polar surface area (TPSA) is 150 Å². The Morgan fingerprint density at radius 2 is 1.93 bits per heavy atom. The number of nitrogens with two attached hydrogens (primary N) is 1. The van der Waals surface area contributed by atoms with Crippen LogP contribution in [0, 0.1) is 5.41 Å². The number of carboxylic acid groups (broad SMARTS) is 1. The first-order chi connectivity index (χ1) is 19.3. The van der Waals surface area contributed by atoms with E-state index in [0.29, 0.717) is 47.5 Å². The number of ether oxygens (including phenoxy) is 1. The summed E-state index contributed by atoms with van der Waals surface area (Å²) in [7, 11) is 1.49. The molecule has 1 amide bonds. The molecule has 1 aliphatic heterocycles. The largest absolute Gasteiger partial charge is 0.497 e. The molecule has 0 spiro atoms. The molecule has 1 unspecified atom stereocenters. The highest BCUT2D eigenvalue weighted by Gasteiger charge is 2.26. The number of methoxy groups -OCH3 is 1. The molecule has 5 rings (SSSR count). The van der Waals surface area contributed by atoms with Crippen LogP contribution in [-0.2, 0) is 13.0 Å². The molecule has 0 bridgehead atoms. The number of nitrogen functional groups attached to an aromatic ring is 1. The Balaban J connectivity index is 1.53. The Morgan fingerprint density at radius 3 is 2.65 bits per heavy atom. The van der Waals surface area contributed by atoms with E-state index in [2.05, 4.69) is 15.6 Å². The van der Waals surface area contributed by atoms with Gasteiger partial charge in [0.2, 0.25) is 0 Å². The van der Waals surface area contributed by atoms with Crippen LogP contribution in [0.4, 0.5) is 5.69 Å². The standard InChI is InChI=1S/C31H29N5O4/c1-40-23-7-8-24(27(14-23)31(38)39)25-13-21(30(37)36-16-18-3-2-10-34-15-18)5-4-19(25)11-22-17-35-28-9-6-20(29(32)33)12-26(22)28/h2-10,12-15,22,35H,11,16-17H2,1H3,(H3,32,33)(H,36,37)(H,38,39). The van der Waals surface area contributed by atoms with Crippen LogP contribution in [0.15, 0.2) is 79.1 Å². The quantitative estimate of drug-likeness (QED) is 0.157. The van der Waals surface area contributed by atoms with Crippen LogP contribution in [0.1, 0.15) is 48.9 Å². The number of fused-ring (bicyclic) bond motifs is 1. The molecule has 3 aromatic carbocycles. The van der Waals surface area contributed by atoms with Gasteiger partial charge in [-0.2, -0.15) is 0 Å². The zero-order valence-corrected chi connectivity index (χ0v) is 21.9. The molecule has 0 fully saturated rings. The third-order valence-electron chi connectivity index (χ3n) is 7.10. The van der Waals surface area contributed by atoms with Crippen LogP contribution >= 0.6 is 0 Å². The molecule has 1 aliphatic rings. The maximum atomic E-state index is 13.1. The molecule has 202 valence electrons. The number of amidine groups is 1. The van der Waals surface area contributed by atoms with E-state index in [1.165, 1.54) is 13.2 Å². The smallest absolute Gasteiger partial charge is 0.336 e. The number of nitrogens with zero attached hydrogens (tertiary/aromatic N) is 1. The number of aromatic nitrogens is 1. The molecule has 0 saturated heterocycles. The number of benzene rings is 3. The van der Waals surface area contributed by atoms with Crippen LogP contribution < -0.4 is 21.1 Å². The summed E-state index contributed by atoms with van der Waals surface area (Å²) in [5, 5.41) is 24.2. The number of anilines is 1. The molecule has 4 aromatic rings. The van der Waals surface area contributed by atoms with Gasteiger partial charge in [-0.15, -0.1) is 0 Å². The second-order valence-corrected chi connectivity index (χ2v) is 9.63. The van der Waals surface area contributed by atoms with Crippen LogP contribution in [0.3, 0.4) is 0 Å². The minimum Gasteiger partial charge on any atom is -0.497 e. The van der Waals surface area contributed by atoms with E-state index < -0.39 is 5.97 Å². The summed E-state index contributed by atoms with van der Waals surface area (Å²) >= 11 is 0. The molecule has 9 nitrogen and oxygen atoms in total. The SMILES string of the molecule is COc1ccc(-c2cc(C(=O)NCc3cccnc3)ccc2CC2CNc3ccc(C(=N)N)cc32)c(C(=O)O)c1. The lowest BCUT2D eigenvalue weighted by molar-refractivity contribution is 0.0697. The highest BCUT2D eigenvalue weighted by molar-refractivity contribution is 6.00. The molecular formula is C31H29N5O4. The van der Waals surface area contributed by atoms with Crippen LogP contribution in [-0.4, -0.2) is 41.5 Å². The van der Waals surface area contributed by atoms with E-state index in [1.54, 1.807) is 42.7 Å². The number of amides is 1. The number of carboxylic acids is 1. The third kappa shape index (κ3) is 5.49. The maximum Gasteiger partial charge on any atom is 0.336 e. The fourth-order valence-electron chi connectivity index (χ4n) is 5.02. The summed E-state index contributed by atoms with van der Waals surface area (Å²) in [4.78, 5) is 29.5. The molecule has 9 heteroatoms. The fraction of sp³-hybridized carbons (Fsp3) is 0.161. The van der Waals surface area contributed by atoms with Crippen molar-refractivity contribution in [3.05, 3.63) is 113 Å². The first-order valence-electron chi connectivity index (χ1n) is 12.8. The Labute approximate surface area is 231 Å². The maximum absolute atomic E-state index is 13.1. The van der Waals surface area contributed by atoms with E-state index in [9.17, 15) is 14.7 Å². The molecule has 0 aliphatic carbocycles. The van der Waals surface area contributed by atoms with Gasteiger partial charge in [0.25, 0.3) is 5.91 Å². The molecular weight excluding hydrogens is 506 g/mol. The minimum atomic E-state index is -1.09. The predicted molar refractivity (Wildman–Crippen MR) is 153 cm³/mol. The molecule has 40 heavy (non-hydrogen) atoms. The summed E-state index contributed by atoms with van der Waals surface area (Å²) in [6, 6.07) is 19.7. The summed E-state index contributed by atoms with van der Waals surface area (Å²) in [6.45, 7) is 0.994. The fourth-order valence-corrected chi connectivity index (χ4v) is 5.02. The average molecular weight is 536 g/mol. The van der Waals surface area contributed by atoms with E-state index in [-0.39, 0.29) is 23.2 Å².